The molecule has 0 spiro atoms. The zero-order chi connectivity index (χ0) is 21.6. The van der Waals surface area contributed by atoms with Crippen LogP contribution in [0.25, 0.3) is 0 Å². The second-order valence-corrected chi connectivity index (χ2v) is 9.76. The maximum Gasteiger partial charge on any atom is 0.00671 e. The molecule has 0 aromatic rings. The lowest BCUT2D eigenvalue weighted by Gasteiger charge is -2.33. The summed E-state index contributed by atoms with van der Waals surface area (Å²) in [5.41, 5.74) is 0. The van der Waals surface area contributed by atoms with Crippen LogP contribution in [0.15, 0.2) is 0 Å². The van der Waals surface area contributed by atoms with Crippen molar-refractivity contribution in [3.05, 3.63) is 0 Å². The number of unbranched alkanes of at least 4 members (excludes halogenated alkanes) is 17. The molecular formula is C28H59N. The van der Waals surface area contributed by atoms with Gasteiger partial charge in [0, 0.05) is 12.1 Å². The molecule has 0 radical (unpaired) electrons. The van der Waals surface area contributed by atoms with Crippen LogP contribution in [-0.2, 0) is 0 Å². The van der Waals surface area contributed by atoms with Crippen molar-refractivity contribution in [2.45, 2.75) is 175 Å². The Labute approximate surface area is 186 Å². The third kappa shape index (κ3) is 18.4. The molecule has 2 atom stereocenters. The summed E-state index contributed by atoms with van der Waals surface area (Å²) in [7, 11) is 0. The van der Waals surface area contributed by atoms with Crippen molar-refractivity contribution in [3.63, 3.8) is 0 Å². The molecule has 0 aliphatic rings. The summed E-state index contributed by atoms with van der Waals surface area (Å²) >= 11 is 0. The van der Waals surface area contributed by atoms with Gasteiger partial charge in [-0.3, -0.25) is 4.90 Å². The van der Waals surface area contributed by atoms with E-state index in [1.54, 1.807) is 0 Å². The SMILES string of the molecule is CCCCCCCCCCCCCCCCCCCCN(C(C)CC)C(C)CC. The summed E-state index contributed by atoms with van der Waals surface area (Å²) in [6, 6.07) is 1.49. The molecule has 0 fully saturated rings. The topological polar surface area (TPSA) is 3.24 Å². The average Bonchev–Trinajstić information content (AvgIpc) is 2.74. The van der Waals surface area contributed by atoms with Crippen molar-refractivity contribution in [1.82, 2.24) is 4.90 Å². The largest absolute Gasteiger partial charge is 0.298 e. The van der Waals surface area contributed by atoms with Gasteiger partial charge >= 0.3 is 0 Å². The lowest BCUT2D eigenvalue weighted by molar-refractivity contribution is 0.143. The quantitative estimate of drug-likeness (QED) is 0.152. The summed E-state index contributed by atoms with van der Waals surface area (Å²) < 4.78 is 0. The van der Waals surface area contributed by atoms with Crippen molar-refractivity contribution >= 4 is 0 Å². The zero-order valence-corrected chi connectivity index (χ0v) is 21.5. The molecule has 0 N–H and O–H groups in total. The van der Waals surface area contributed by atoms with E-state index in [1.165, 1.54) is 135 Å². The van der Waals surface area contributed by atoms with Crippen molar-refractivity contribution in [3.8, 4) is 0 Å². The highest BCUT2D eigenvalue weighted by molar-refractivity contribution is 4.72. The van der Waals surface area contributed by atoms with Gasteiger partial charge in [-0.15, -0.1) is 0 Å². The molecule has 0 bridgehead atoms. The van der Waals surface area contributed by atoms with E-state index in [1.807, 2.05) is 0 Å². The van der Waals surface area contributed by atoms with Crippen LogP contribution >= 0.6 is 0 Å². The highest BCUT2D eigenvalue weighted by Gasteiger charge is 2.16. The van der Waals surface area contributed by atoms with Crippen LogP contribution in [0.4, 0.5) is 0 Å². The molecule has 0 aromatic carbocycles. The molecule has 0 aliphatic heterocycles. The van der Waals surface area contributed by atoms with Gasteiger partial charge in [0.1, 0.15) is 0 Å². The third-order valence-electron chi connectivity index (χ3n) is 7.08. The van der Waals surface area contributed by atoms with Crippen LogP contribution in [0.1, 0.15) is 163 Å². The number of hydrogen-bond acceptors (Lipinski definition) is 1. The van der Waals surface area contributed by atoms with Gasteiger partial charge in [-0.25, -0.2) is 0 Å². The minimum atomic E-state index is 0.746. The Hall–Kier alpha value is -0.0400. The first-order valence-electron chi connectivity index (χ1n) is 13.9. The maximum absolute atomic E-state index is 2.74. The molecule has 1 nitrogen and oxygen atoms in total. The lowest BCUT2D eigenvalue weighted by Crippen LogP contribution is -2.40. The highest BCUT2D eigenvalue weighted by Crippen LogP contribution is 2.16. The van der Waals surface area contributed by atoms with Gasteiger partial charge in [0.05, 0.1) is 0 Å². The summed E-state index contributed by atoms with van der Waals surface area (Å²) in [5.74, 6) is 0. The smallest absolute Gasteiger partial charge is 0.00671 e. The number of hydrogen-bond donors (Lipinski definition) is 0. The molecule has 29 heavy (non-hydrogen) atoms. The van der Waals surface area contributed by atoms with Crippen LogP contribution in [0.3, 0.4) is 0 Å². The Bertz CT molecular complexity index is 291. The van der Waals surface area contributed by atoms with Crippen LogP contribution in [0, 0.1) is 0 Å². The van der Waals surface area contributed by atoms with E-state index in [0.717, 1.165) is 12.1 Å². The first kappa shape index (κ1) is 29.0. The number of nitrogens with zero attached hydrogens (tertiary/aromatic N) is 1. The Morgan fingerprint density at radius 2 is 0.690 bits per heavy atom. The van der Waals surface area contributed by atoms with Crippen molar-refractivity contribution in [1.29, 1.82) is 0 Å². The van der Waals surface area contributed by atoms with Crippen molar-refractivity contribution in [2.24, 2.45) is 0 Å². The highest BCUT2D eigenvalue weighted by atomic mass is 15.2. The molecule has 0 aliphatic carbocycles. The molecular weight excluding hydrogens is 350 g/mol. The van der Waals surface area contributed by atoms with E-state index in [0.29, 0.717) is 0 Å². The van der Waals surface area contributed by atoms with E-state index < -0.39 is 0 Å². The first-order chi connectivity index (χ1) is 14.2. The molecule has 0 amide bonds. The van der Waals surface area contributed by atoms with Crippen LogP contribution in [0.5, 0.6) is 0 Å². The summed E-state index contributed by atoms with van der Waals surface area (Å²) in [4.78, 5) is 2.74. The van der Waals surface area contributed by atoms with E-state index in [9.17, 15) is 0 Å². The van der Waals surface area contributed by atoms with Gasteiger partial charge in [-0.05, 0) is 39.7 Å². The van der Waals surface area contributed by atoms with Crippen molar-refractivity contribution in [2.75, 3.05) is 6.54 Å². The van der Waals surface area contributed by atoms with Gasteiger partial charge in [0.15, 0.2) is 0 Å². The Morgan fingerprint density at radius 3 is 0.966 bits per heavy atom. The third-order valence-corrected chi connectivity index (χ3v) is 7.08. The molecule has 2 unspecified atom stereocenters. The first-order valence-corrected chi connectivity index (χ1v) is 13.9. The van der Waals surface area contributed by atoms with E-state index in [2.05, 4.69) is 39.5 Å². The number of rotatable bonds is 23. The molecule has 0 saturated carbocycles. The monoisotopic (exact) mass is 409 g/mol. The molecule has 0 rings (SSSR count). The molecule has 176 valence electrons. The van der Waals surface area contributed by atoms with E-state index in [4.69, 9.17) is 0 Å². The second kappa shape index (κ2) is 22.6. The fourth-order valence-electron chi connectivity index (χ4n) is 4.54. The lowest BCUT2D eigenvalue weighted by atomic mass is 10.0. The Kier molecular flexibility index (Phi) is 22.6. The second-order valence-electron chi connectivity index (χ2n) is 9.76. The fraction of sp³-hybridized carbons (Fsp3) is 1.00. The van der Waals surface area contributed by atoms with Gasteiger partial charge in [-0.2, -0.15) is 0 Å². The van der Waals surface area contributed by atoms with Gasteiger partial charge in [-0.1, -0.05) is 130 Å². The van der Waals surface area contributed by atoms with E-state index in [-0.39, 0.29) is 0 Å². The van der Waals surface area contributed by atoms with Crippen molar-refractivity contribution < 1.29 is 0 Å². The van der Waals surface area contributed by atoms with Gasteiger partial charge in [0.2, 0.25) is 0 Å². The summed E-state index contributed by atoms with van der Waals surface area (Å²) in [6.45, 7) is 13.1. The predicted molar refractivity (Wildman–Crippen MR) is 135 cm³/mol. The maximum atomic E-state index is 2.74. The standard InChI is InChI=1S/C28H59N/c1-6-9-10-11-12-13-14-15-16-17-18-19-20-21-22-23-24-25-26-29(27(4)7-2)28(5)8-3/h27-28H,6-26H2,1-5H3. The average molecular weight is 410 g/mol. The van der Waals surface area contributed by atoms with Gasteiger partial charge in [0.25, 0.3) is 0 Å². The summed E-state index contributed by atoms with van der Waals surface area (Å²) in [5, 5.41) is 0. The Morgan fingerprint density at radius 1 is 0.414 bits per heavy atom. The molecule has 0 heterocycles. The van der Waals surface area contributed by atoms with Crippen LogP contribution in [0.2, 0.25) is 0 Å². The summed E-state index contributed by atoms with van der Waals surface area (Å²) in [6.07, 6.45) is 28.9. The predicted octanol–water partition coefficient (Wildman–Crippen LogP) is 9.93. The fourth-order valence-corrected chi connectivity index (χ4v) is 4.54. The van der Waals surface area contributed by atoms with Gasteiger partial charge < -0.3 is 0 Å². The van der Waals surface area contributed by atoms with Crippen LogP contribution in [-0.4, -0.2) is 23.5 Å². The van der Waals surface area contributed by atoms with Crippen LogP contribution < -0.4 is 0 Å². The Balaban J connectivity index is 3.31. The normalized spacial score (nSPS) is 13.9. The molecule has 0 saturated heterocycles. The van der Waals surface area contributed by atoms with E-state index >= 15 is 0 Å². The minimum Gasteiger partial charge on any atom is -0.298 e. The molecule has 1 heteroatoms. The zero-order valence-electron chi connectivity index (χ0n) is 21.5. The minimum absolute atomic E-state index is 0.746. The molecule has 0 aromatic heterocycles.